The van der Waals surface area contributed by atoms with E-state index in [2.05, 4.69) is 9.72 Å². The van der Waals surface area contributed by atoms with Crippen molar-refractivity contribution in [3.05, 3.63) is 56.9 Å². The second kappa shape index (κ2) is 6.75. The van der Waals surface area contributed by atoms with Crippen LogP contribution in [-0.4, -0.2) is 23.0 Å². The van der Waals surface area contributed by atoms with Gasteiger partial charge in [0, 0.05) is 23.9 Å². The van der Waals surface area contributed by atoms with Crippen LogP contribution in [0.2, 0.25) is 0 Å². The fourth-order valence-corrected chi connectivity index (χ4v) is 2.12. The molecule has 8 heteroatoms. The Labute approximate surface area is 137 Å². The van der Waals surface area contributed by atoms with Crippen LogP contribution in [0.5, 0.6) is 11.5 Å². The molecular formula is C16H13N3O5. The van der Waals surface area contributed by atoms with Crippen LogP contribution in [0.3, 0.4) is 0 Å². The molecule has 0 N–H and O–H groups in total. The monoisotopic (exact) mass is 327 g/mol. The number of hydrogen-bond donors (Lipinski definition) is 0. The maximum atomic E-state index is 11.6. The summed E-state index contributed by atoms with van der Waals surface area (Å²) in [6.07, 6.45) is 0. The quantitative estimate of drug-likeness (QED) is 0.481. The molecule has 0 bridgehead atoms. The van der Waals surface area contributed by atoms with Crippen LogP contribution in [0.15, 0.2) is 24.3 Å². The number of carbonyl (C=O) groups is 1. The summed E-state index contributed by atoms with van der Waals surface area (Å²) in [5.41, 5.74) is 0.962. The summed E-state index contributed by atoms with van der Waals surface area (Å²) in [7, 11) is 1.20. The van der Waals surface area contributed by atoms with Crippen molar-refractivity contribution in [3.63, 3.8) is 0 Å². The van der Waals surface area contributed by atoms with Gasteiger partial charge in [0.25, 0.3) is 0 Å². The lowest BCUT2D eigenvalue weighted by Gasteiger charge is -2.11. The average Bonchev–Trinajstić information content (AvgIpc) is 2.53. The number of nitrogens with zero attached hydrogens (tertiary/aromatic N) is 3. The Hall–Kier alpha value is -3.47. The molecule has 1 heterocycles. The Morgan fingerprint density at radius 3 is 2.58 bits per heavy atom. The molecule has 2 aromatic rings. The van der Waals surface area contributed by atoms with Gasteiger partial charge in [0.15, 0.2) is 0 Å². The number of nitriles is 1. The Morgan fingerprint density at radius 1 is 1.29 bits per heavy atom. The number of carbonyl (C=O) groups excluding carboxylic acids is 1. The Kier molecular flexibility index (Phi) is 4.75. The van der Waals surface area contributed by atoms with Crippen molar-refractivity contribution in [1.29, 1.82) is 5.26 Å². The minimum Gasteiger partial charge on any atom is -0.465 e. The summed E-state index contributed by atoms with van der Waals surface area (Å²) in [6.45, 7) is 3.35. The van der Waals surface area contributed by atoms with E-state index in [0.717, 1.165) is 6.07 Å². The maximum Gasteiger partial charge on any atom is 0.337 e. The SMILES string of the molecule is COC(=O)c1ccc([N+](=O)[O-])c(Oc2cc(C)nc(C)c2C#N)c1. The molecule has 0 spiro atoms. The van der Waals surface area contributed by atoms with Gasteiger partial charge in [-0.2, -0.15) is 5.26 Å². The lowest BCUT2D eigenvalue weighted by Crippen LogP contribution is -2.03. The summed E-state index contributed by atoms with van der Waals surface area (Å²) >= 11 is 0. The van der Waals surface area contributed by atoms with Gasteiger partial charge in [0.2, 0.25) is 5.75 Å². The van der Waals surface area contributed by atoms with Crippen LogP contribution in [0.25, 0.3) is 0 Å². The van der Waals surface area contributed by atoms with Crippen LogP contribution in [0, 0.1) is 35.3 Å². The molecule has 0 saturated carbocycles. The second-order valence-corrected chi connectivity index (χ2v) is 4.87. The molecule has 0 fully saturated rings. The maximum absolute atomic E-state index is 11.6. The van der Waals surface area contributed by atoms with E-state index in [1.165, 1.54) is 25.3 Å². The third kappa shape index (κ3) is 3.30. The van der Waals surface area contributed by atoms with E-state index in [0.29, 0.717) is 11.4 Å². The largest absolute Gasteiger partial charge is 0.465 e. The number of nitro groups is 1. The first-order valence-corrected chi connectivity index (χ1v) is 6.80. The zero-order valence-electron chi connectivity index (χ0n) is 13.2. The first-order chi connectivity index (χ1) is 11.4. The number of hydrogen-bond acceptors (Lipinski definition) is 7. The molecule has 8 nitrogen and oxygen atoms in total. The van der Waals surface area contributed by atoms with Crippen LogP contribution >= 0.6 is 0 Å². The molecule has 0 amide bonds. The number of pyridine rings is 1. The molecule has 0 unspecified atom stereocenters. The number of methoxy groups -OCH3 is 1. The van der Waals surface area contributed by atoms with Crippen molar-refractivity contribution in [3.8, 4) is 17.6 Å². The zero-order valence-corrected chi connectivity index (χ0v) is 13.2. The van der Waals surface area contributed by atoms with Crippen molar-refractivity contribution < 1.29 is 19.2 Å². The Bertz CT molecular complexity index is 871. The summed E-state index contributed by atoms with van der Waals surface area (Å²) < 4.78 is 10.2. The highest BCUT2D eigenvalue weighted by Gasteiger charge is 2.21. The van der Waals surface area contributed by atoms with Gasteiger partial charge in [-0.25, -0.2) is 4.79 Å². The lowest BCUT2D eigenvalue weighted by atomic mass is 10.1. The van der Waals surface area contributed by atoms with Gasteiger partial charge in [-0.05, 0) is 19.9 Å². The number of rotatable bonds is 4. The highest BCUT2D eigenvalue weighted by atomic mass is 16.6. The summed E-state index contributed by atoms with van der Waals surface area (Å²) in [6, 6.07) is 7.08. The third-order valence-electron chi connectivity index (χ3n) is 3.20. The zero-order chi connectivity index (χ0) is 17.9. The van der Waals surface area contributed by atoms with Crippen LogP contribution in [0.4, 0.5) is 5.69 Å². The molecule has 1 aromatic carbocycles. The summed E-state index contributed by atoms with van der Waals surface area (Å²) in [5, 5.41) is 20.4. The van der Waals surface area contributed by atoms with Gasteiger partial charge in [-0.1, -0.05) is 0 Å². The van der Waals surface area contributed by atoms with Gasteiger partial charge in [0.05, 0.1) is 23.3 Å². The van der Waals surface area contributed by atoms with E-state index in [4.69, 9.17) is 4.74 Å². The van der Waals surface area contributed by atoms with E-state index < -0.39 is 10.9 Å². The van der Waals surface area contributed by atoms with Crippen LogP contribution < -0.4 is 4.74 Å². The van der Waals surface area contributed by atoms with E-state index in [9.17, 15) is 20.2 Å². The number of benzene rings is 1. The fraction of sp³-hybridized carbons (Fsp3) is 0.188. The molecule has 0 saturated heterocycles. The molecule has 122 valence electrons. The van der Waals surface area contributed by atoms with Gasteiger partial charge < -0.3 is 9.47 Å². The molecule has 0 aliphatic rings. The number of esters is 1. The Morgan fingerprint density at radius 2 is 2.00 bits per heavy atom. The highest BCUT2D eigenvalue weighted by Crippen LogP contribution is 2.34. The van der Waals surface area contributed by atoms with Crippen molar-refractivity contribution in [2.24, 2.45) is 0 Å². The van der Waals surface area contributed by atoms with Crippen molar-refractivity contribution in [2.45, 2.75) is 13.8 Å². The predicted octanol–water partition coefficient (Wildman–Crippen LogP) is 3.06. The van der Waals surface area contributed by atoms with Crippen LogP contribution in [0.1, 0.15) is 27.3 Å². The van der Waals surface area contributed by atoms with Crippen molar-refractivity contribution in [1.82, 2.24) is 4.98 Å². The minimum atomic E-state index is -0.655. The fourth-order valence-electron chi connectivity index (χ4n) is 2.12. The number of aryl methyl sites for hydroxylation is 2. The van der Waals surface area contributed by atoms with E-state index in [-0.39, 0.29) is 28.3 Å². The van der Waals surface area contributed by atoms with Crippen molar-refractivity contribution in [2.75, 3.05) is 7.11 Å². The molecule has 0 radical (unpaired) electrons. The molecule has 0 aliphatic heterocycles. The Balaban J connectivity index is 2.58. The van der Waals surface area contributed by atoms with Crippen molar-refractivity contribution >= 4 is 11.7 Å². The van der Waals surface area contributed by atoms with E-state index in [1.807, 2.05) is 6.07 Å². The first-order valence-electron chi connectivity index (χ1n) is 6.80. The molecule has 0 aliphatic carbocycles. The second-order valence-electron chi connectivity index (χ2n) is 4.87. The first kappa shape index (κ1) is 16.9. The number of aromatic nitrogens is 1. The normalized spacial score (nSPS) is 9.92. The molecule has 2 rings (SSSR count). The van der Waals surface area contributed by atoms with E-state index >= 15 is 0 Å². The standard InChI is InChI=1S/C16H13N3O5/c1-9-6-14(12(8-17)10(2)18-9)24-15-7-11(16(20)23-3)4-5-13(15)19(21)22/h4-7H,1-3H3. The molecule has 1 aromatic heterocycles. The smallest absolute Gasteiger partial charge is 0.337 e. The van der Waals surface area contributed by atoms with Gasteiger partial charge in [-0.3, -0.25) is 15.1 Å². The predicted molar refractivity (Wildman–Crippen MR) is 82.9 cm³/mol. The topological polar surface area (TPSA) is 115 Å². The minimum absolute atomic E-state index is 0.0964. The molecule has 0 atom stereocenters. The summed E-state index contributed by atoms with van der Waals surface area (Å²) in [5.74, 6) is -0.686. The molecular weight excluding hydrogens is 314 g/mol. The van der Waals surface area contributed by atoms with Gasteiger partial charge in [0.1, 0.15) is 17.4 Å². The number of nitro benzene ring substituents is 1. The third-order valence-corrected chi connectivity index (χ3v) is 3.20. The van der Waals surface area contributed by atoms with E-state index in [1.54, 1.807) is 13.8 Å². The summed E-state index contributed by atoms with van der Waals surface area (Å²) in [4.78, 5) is 26.3. The average molecular weight is 327 g/mol. The number of ether oxygens (including phenoxy) is 2. The van der Waals surface area contributed by atoms with Crippen LogP contribution in [-0.2, 0) is 4.74 Å². The molecule has 24 heavy (non-hydrogen) atoms. The van der Waals surface area contributed by atoms with Gasteiger partial charge >= 0.3 is 11.7 Å². The highest BCUT2D eigenvalue weighted by molar-refractivity contribution is 5.90. The lowest BCUT2D eigenvalue weighted by molar-refractivity contribution is -0.385. The van der Waals surface area contributed by atoms with Gasteiger partial charge in [-0.15, -0.1) is 0 Å².